The van der Waals surface area contributed by atoms with Crippen molar-refractivity contribution < 1.29 is 4.74 Å². The Kier molecular flexibility index (Phi) is 4.42. The lowest BCUT2D eigenvalue weighted by Gasteiger charge is -2.37. The first kappa shape index (κ1) is 14.1. The van der Waals surface area contributed by atoms with Crippen LogP contribution in [0.4, 0.5) is 0 Å². The molecule has 1 aromatic carbocycles. The number of rotatable bonds is 5. The largest absolute Gasteiger partial charge is 0.378 e. The van der Waals surface area contributed by atoms with Gasteiger partial charge in [0, 0.05) is 19.2 Å². The van der Waals surface area contributed by atoms with Crippen molar-refractivity contribution in [1.82, 2.24) is 5.32 Å². The highest BCUT2D eigenvalue weighted by Crippen LogP contribution is 2.37. The lowest BCUT2D eigenvalue weighted by molar-refractivity contribution is 0.0853. The monoisotopic (exact) mass is 273 g/mol. The quantitative estimate of drug-likeness (QED) is 0.884. The predicted molar refractivity (Wildman–Crippen MR) is 83.1 cm³/mol. The number of aryl methyl sites for hydroxylation is 1. The number of nitrogens with one attached hydrogen (secondary N) is 1. The molecule has 0 amide bonds. The van der Waals surface area contributed by atoms with Gasteiger partial charge in [0.05, 0.1) is 6.10 Å². The van der Waals surface area contributed by atoms with Crippen LogP contribution >= 0.6 is 0 Å². The molecule has 2 nitrogen and oxygen atoms in total. The Bertz CT molecular complexity index is 439. The van der Waals surface area contributed by atoms with Crippen LogP contribution in [0, 0.1) is 12.8 Å². The summed E-state index contributed by atoms with van der Waals surface area (Å²) in [5, 5.41) is 3.76. The van der Waals surface area contributed by atoms with Gasteiger partial charge in [-0.3, -0.25) is 0 Å². The van der Waals surface area contributed by atoms with Crippen molar-refractivity contribution in [3.63, 3.8) is 0 Å². The van der Waals surface area contributed by atoms with Crippen molar-refractivity contribution in [3.05, 3.63) is 35.4 Å². The molecule has 3 rings (SSSR count). The van der Waals surface area contributed by atoms with Gasteiger partial charge in [0.15, 0.2) is 0 Å². The van der Waals surface area contributed by atoms with Gasteiger partial charge in [-0.2, -0.15) is 0 Å². The summed E-state index contributed by atoms with van der Waals surface area (Å²) in [7, 11) is 0. The van der Waals surface area contributed by atoms with Gasteiger partial charge in [-0.25, -0.2) is 0 Å². The van der Waals surface area contributed by atoms with Crippen LogP contribution in [0.5, 0.6) is 0 Å². The smallest absolute Gasteiger partial charge is 0.0613 e. The zero-order valence-electron chi connectivity index (χ0n) is 12.8. The summed E-state index contributed by atoms with van der Waals surface area (Å²) in [4.78, 5) is 0. The van der Waals surface area contributed by atoms with Crippen molar-refractivity contribution in [2.45, 2.75) is 57.6 Å². The number of ether oxygens (including phenoxy) is 1. The topological polar surface area (TPSA) is 21.3 Å². The van der Waals surface area contributed by atoms with Gasteiger partial charge in [-0.15, -0.1) is 0 Å². The normalized spacial score (nSPS) is 33.1. The highest BCUT2D eigenvalue weighted by atomic mass is 16.5. The van der Waals surface area contributed by atoms with Crippen LogP contribution in [0.15, 0.2) is 24.3 Å². The molecule has 2 heteroatoms. The van der Waals surface area contributed by atoms with Crippen LogP contribution in [0.2, 0.25) is 0 Å². The molecule has 2 aliphatic rings. The average Bonchev–Trinajstić information content (AvgIpc) is 2.84. The molecule has 1 aromatic rings. The molecule has 1 aliphatic carbocycles. The summed E-state index contributed by atoms with van der Waals surface area (Å²) in [5.74, 6) is 1.51. The number of benzene rings is 1. The van der Waals surface area contributed by atoms with Crippen LogP contribution in [0.1, 0.15) is 49.7 Å². The van der Waals surface area contributed by atoms with Crippen LogP contribution in [0.3, 0.4) is 0 Å². The third-order valence-electron chi connectivity index (χ3n) is 5.07. The Labute approximate surface area is 122 Å². The molecule has 0 bridgehead atoms. The van der Waals surface area contributed by atoms with Crippen LogP contribution < -0.4 is 5.32 Å². The maximum Gasteiger partial charge on any atom is 0.0613 e. The SMILES string of the molecule is CCC1OCCC1CNC1CC(c2cccc(C)c2)C1. The minimum absolute atomic E-state index is 0.496. The molecular weight excluding hydrogens is 246 g/mol. The molecule has 110 valence electrons. The molecule has 2 fully saturated rings. The van der Waals surface area contributed by atoms with Gasteiger partial charge in [0.2, 0.25) is 0 Å². The van der Waals surface area contributed by atoms with Gasteiger partial charge < -0.3 is 10.1 Å². The lowest BCUT2D eigenvalue weighted by Crippen LogP contribution is -2.43. The molecule has 0 spiro atoms. The van der Waals surface area contributed by atoms with E-state index in [1.807, 2.05) is 0 Å². The molecule has 2 unspecified atom stereocenters. The van der Waals surface area contributed by atoms with E-state index in [1.165, 1.54) is 30.4 Å². The first-order chi connectivity index (χ1) is 9.76. The molecular formula is C18H27NO. The molecule has 0 aromatic heterocycles. The Morgan fingerprint density at radius 1 is 1.30 bits per heavy atom. The highest BCUT2D eigenvalue weighted by Gasteiger charge is 2.32. The van der Waals surface area contributed by atoms with Crippen molar-refractivity contribution in [3.8, 4) is 0 Å². The van der Waals surface area contributed by atoms with Gasteiger partial charge in [-0.05, 0) is 50.0 Å². The first-order valence-electron chi connectivity index (χ1n) is 8.17. The standard InChI is InChI=1S/C18H27NO/c1-3-18-15(7-8-20-18)12-19-17-10-16(11-17)14-6-4-5-13(2)9-14/h4-6,9,15-19H,3,7-8,10-12H2,1-2H3. The summed E-state index contributed by atoms with van der Waals surface area (Å²) in [6.45, 7) is 6.52. The van der Waals surface area contributed by atoms with Gasteiger partial charge in [-0.1, -0.05) is 36.8 Å². The summed E-state index contributed by atoms with van der Waals surface area (Å²) < 4.78 is 5.76. The molecule has 2 atom stereocenters. The van der Waals surface area contributed by atoms with Gasteiger partial charge in [0.1, 0.15) is 0 Å². The van der Waals surface area contributed by atoms with E-state index in [-0.39, 0.29) is 0 Å². The van der Waals surface area contributed by atoms with Gasteiger partial charge >= 0.3 is 0 Å². The van der Waals surface area contributed by atoms with E-state index in [4.69, 9.17) is 4.74 Å². The van der Waals surface area contributed by atoms with E-state index in [9.17, 15) is 0 Å². The number of hydrogen-bond donors (Lipinski definition) is 1. The Balaban J connectivity index is 1.42. The molecule has 1 aliphatic heterocycles. The molecule has 1 N–H and O–H groups in total. The summed E-state index contributed by atoms with van der Waals surface area (Å²) in [6.07, 6.45) is 5.49. The molecule has 20 heavy (non-hydrogen) atoms. The van der Waals surface area contributed by atoms with E-state index in [2.05, 4.69) is 43.4 Å². The Morgan fingerprint density at radius 3 is 2.90 bits per heavy atom. The fraction of sp³-hybridized carbons (Fsp3) is 0.667. The second kappa shape index (κ2) is 6.28. The maximum atomic E-state index is 5.76. The highest BCUT2D eigenvalue weighted by molar-refractivity contribution is 5.27. The Morgan fingerprint density at radius 2 is 2.15 bits per heavy atom. The summed E-state index contributed by atoms with van der Waals surface area (Å²) in [6, 6.07) is 9.72. The third kappa shape index (κ3) is 3.07. The third-order valence-corrected chi connectivity index (χ3v) is 5.07. The zero-order chi connectivity index (χ0) is 13.9. The zero-order valence-corrected chi connectivity index (χ0v) is 12.8. The molecule has 1 saturated heterocycles. The van der Waals surface area contributed by atoms with E-state index >= 15 is 0 Å². The molecule has 1 heterocycles. The molecule has 0 radical (unpaired) electrons. The van der Waals surface area contributed by atoms with Crippen molar-refractivity contribution in [2.75, 3.05) is 13.2 Å². The van der Waals surface area contributed by atoms with E-state index < -0.39 is 0 Å². The predicted octanol–water partition coefficient (Wildman–Crippen LogP) is 3.65. The van der Waals surface area contributed by atoms with Crippen LogP contribution in [0.25, 0.3) is 0 Å². The second-order valence-electron chi connectivity index (χ2n) is 6.55. The second-order valence-corrected chi connectivity index (χ2v) is 6.55. The first-order valence-corrected chi connectivity index (χ1v) is 8.17. The van der Waals surface area contributed by atoms with Crippen molar-refractivity contribution >= 4 is 0 Å². The fourth-order valence-corrected chi connectivity index (χ4v) is 3.68. The van der Waals surface area contributed by atoms with E-state index in [0.29, 0.717) is 6.10 Å². The van der Waals surface area contributed by atoms with Crippen LogP contribution in [-0.4, -0.2) is 25.3 Å². The lowest BCUT2D eigenvalue weighted by atomic mass is 9.75. The van der Waals surface area contributed by atoms with Gasteiger partial charge in [0.25, 0.3) is 0 Å². The summed E-state index contributed by atoms with van der Waals surface area (Å²) >= 11 is 0. The van der Waals surface area contributed by atoms with Crippen molar-refractivity contribution in [1.29, 1.82) is 0 Å². The number of hydrogen-bond acceptors (Lipinski definition) is 2. The van der Waals surface area contributed by atoms with Crippen LogP contribution in [-0.2, 0) is 4.74 Å². The fourth-order valence-electron chi connectivity index (χ4n) is 3.68. The van der Waals surface area contributed by atoms with E-state index in [1.54, 1.807) is 0 Å². The van der Waals surface area contributed by atoms with E-state index in [0.717, 1.165) is 37.5 Å². The average molecular weight is 273 g/mol. The Hall–Kier alpha value is -0.860. The molecule has 1 saturated carbocycles. The van der Waals surface area contributed by atoms with Crippen molar-refractivity contribution in [2.24, 2.45) is 5.92 Å². The minimum Gasteiger partial charge on any atom is -0.378 e. The minimum atomic E-state index is 0.496. The maximum absolute atomic E-state index is 5.76. The summed E-state index contributed by atoms with van der Waals surface area (Å²) in [5.41, 5.74) is 2.91.